The number of methoxy groups -OCH3 is 1. The maximum absolute atomic E-state index is 5.54. The van der Waals surface area contributed by atoms with Crippen LogP contribution in [0.3, 0.4) is 0 Å². The Balaban J connectivity index is 2.61. The van der Waals surface area contributed by atoms with Crippen LogP contribution < -0.4 is 4.74 Å². The minimum absolute atomic E-state index is 0.0382. The molecule has 19 heavy (non-hydrogen) atoms. The summed E-state index contributed by atoms with van der Waals surface area (Å²) in [6.45, 7) is 6.53. The lowest BCUT2D eigenvalue weighted by Gasteiger charge is -2.23. The van der Waals surface area contributed by atoms with Gasteiger partial charge in [-0.05, 0) is 29.7 Å². The van der Waals surface area contributed by atoms with Gasteiger partial charge in [-0.3, -0.25) is 4.98 Å². The number of ether oxygens (including phenoxy) is 1. The van der Waals surface area contributed by atoms with Gasteiger partial charge < -0.3 is 4.74 Å². The molecule has 1 aromatic heterocycles. The van der Waals surface area contributed by atoms with E-state index in [4.69, 9.17) is 4.74 Å². The first-order valence-electron chi connectivity index (χ1n) is 6.23. The molecule has 0 radical (unpaired) electrons. The van der Waals surface area contributed by atoms with Gasteiger partial charge in [0.25, 0.3) is 0 Å². The normalized spacial score (nSPS) is 11.4. The largest absolute Gasteiger partial charge is 0.496 e. The van der Waals surface area contributed by atoms with Crippen LogP contribution in [0.5, 0.6) is 5.75 Å². The molecule has 2 nitrogen and oxygen atoms in total. The maximum atomic E-state index is 5.54. The molecule has 0 bridgehead atoms. The van der Waals surface area contributed by atoms with Crippen molar-refractivity contribution in [2.24, 2.45) is 0 Å². The van der Waals surface area contributed by atoms with E-state index in [-0.39, 0.29) is 5.41 Å². The summed E-state index contributed by atoms with van der Waals surface area (Å²) in [5.41, 5.74) is 3.21. The van der Waals surface area contributed by atoms with E-state index in [0.717, 1.165) is 21.5 Å². The third-order valence-corrected chi connectivity index (χ3v) is 3.69. The van der Waals surface area contributed by atoms with Gasteiger partial charge in [-0.25, -0.2) is 0 Å². The van der Waals surface area contributed by atoms with Crippen molar-refractivity contribution >= 4 is 15.9 Å². The van der Waals surface area contributed by atoms with Gasteiger partial charge in [-0.1, -0.05) is 42.8 Å². The lowest BCUT2D eigenvalue weighted by Crippen LogP contribution is -2.13. The molecule has 0 aliphatic heterocycles. The number of benzene rings is 1. The van der Waals surface area contributed by atoms with E-state index in [1.54, 1.807) is 13.3 Å². The second-order valence-corrected chi connectivity index (χ2v) is 6.35. The molecular weight excluding hydrogens is 302 g/mol. The molecule has 0 amide bonds. The Hall–Kier alpha value is -1.35. The summed E-state index contributed by atoms with van der Waals surface area (Å²) in [7, 11) is 1.71. The van der Waals surface area contributed by atoms with Crippen molar-refractivity contribution in [1.82, 2.24) is 4.98 Å². The molecule has 1 heterocycles. The predicted molar refractivity (Wildman–Crippen MR) is 82.6 cm³/mol. The van der Waals surface area contributed by atoms with Crippen molar-refractivity contribution in [3.05, 3.63) is 46.6 Å². The maximum Gasteiger partial charge on any atom is 0.123 e. The Morgan fingerprint density at radius 1 is 1.16 bits per heavy atom. The molecule has 0 N–H and O–H groups in total. The van der Waals surface area contributed by atoms with Crippen molar-refractivity contribution in [2.75, 3.05) is 7.11 Å². The molecule has 0 fully saturated rings. The lowest BCUT2D eigenvalue weighted by atomic mass is 9.85. The monoisotopic (exact) mass is 319 g/mol. The van der Waals surface area contributed by atoms with E-state index in [1.807, 2.05) is 24.3 Å². The fourth-order valence-electron chi connectivity index (χ4n) is 2.03. The van der Waals surface area contributed by atoms with Crippen LogP contribution in [-0.2, 0) is 5.41 Å². The number of nitrogens with zero attached hydrogens (tertiary/aromatic N) is 1. The van der Waals surface area contributed by atoms with Crippen molar-refractivity contribution in [1.29, 1.82) is 0 Å². The van der Waals surface area contributed by atoms with Gasteiger partial charge in [0.2, 0.25) is 0 Å². The third kappa shape index (κ3) is 2.98. The summed E-state index contributed by atoms with van der Waals surface area (Å²) in [5, 5.41) is 0. The predicted octanol–water partition coefficient (Wildman–Crippen LogP) is 4.82. The topological polar surface area (TPSA) is 22.1 Å². The van der Waals surface area contributed by atoms with Gasteiger partial charge in [-0.15, -0.1) is 0 Å². The molecule has 0 saturated heterocycles. The zero-order valence-corrected chi connectivity index (χ0v) is 13.3. The van der Waals surface area contributed by atoms with Gasteiger partial charge in [0, 0.05) is 21.8 Å². The molecule has 2 aromatic rings. The van der Waals surface area contributed by atoms with Crippen LogP contribution in [0.25, 0.3) is 11.3 Å². The van der Waals surface area contributed by atoms with E-state index in [9.17, 15) is 0 Å². The first-order chi connectivity index (χ1) is 8.93. The first kappa shape index (κ1) is 14.1. The van der Waals surface area contributed by atoms with Crippen LogP contribution in [0.15, 0.2) is 41.0 Å². The minimum atomic E-state index is 0.0382. The van der Waals surface area contributed by atoms with Crippen molar-refractivity contribution in [3.63, 3.8) is 0 Å². The number of hydrogen-bond acceptors (Lipinski definition) is 2. The van der Waals surface area contributed by atoms with E-state index < -0.39 is 0 Å². The highest BCUT2D eigenvalue weighted by Gasteiger charge is 2.21. The van der Waals surface area contributed by atoms with Crippen LogP contribution in [0.2, 0.25) is 0 Å². The standard InChI is InChI=1S/C16H18BrNO/c1-16(2,3)12-10-13(17)11(9-15(12)19-4)14-7-5-6-8-18-14/h5-10H,1-4H3. The van der Waals surface area contributed by atoms with Crippen LogP contribution in [0.1, 0.15) is 26.3 Å². The number of hydrogen-bond donors (Lipinski definition) is 0. The van der Waals surface area contributed by atoms with Crippen LogP contribution in [-0.4, -0.2) is 12.1 Å². The summed E-state index contributed by atoms with van der Waals surface area (Å²) >= 11 is 3.64. The Kier molecular flexibility index (Phi) is 3.95. The zero-order valence-electron chi connectivity index (χ0n) is 11.7. The molecule has 0 aliphatic carbocycles. The second kappa shape index (κ2) is 5.33. The molecule has 100 valence electrons. The Labute approximate surface area is 123 Å². The molecule has 1 aromatic carbocycles. The highest BCUT2D eigenvalue weighted by Crippen LogP contribution is 2.38. The van der Waals surface area contributed by atoms with E-state index >= 15 is 0 Å². The average Bonchev–Trinajstić information content (AvgIpc) is 2.38. The summed E-state index contributed by atoms with van der Waals surface area (Å²) in [6.07, 6.45) is 1.80. The van der Waals surface area contributed by atoms with Crippen molar-refractivity contribution in [3.8, 4) is 17.0 Å². The fourth-order valence-corrected chi connectivity index (χ4v) is 2.57. The third-order valence-electron chi connectivity index (χ3n) is 3.04. The molecule has 0 spiro atoms. The number of aromatic nitrogens is 1. The second-order valence-electron chi connectivity index (χ2n) is 5.50. The Morgan fingerprint density at radius 2 is 1.89 bits per heavy atom. The first-order valence-corrected chi connectivity index (χ1v) is 7.02. The summed E-state index contributed by atoms with van der Waals surface area (Å²) < 4.78 is 6.58. The van der Waals surface area contributed by atoms with Gasteiger partial charge in [0.05, 0.1) is 12.8 Å². The highest BCUT2D eigenvalue weighted by atomic mass is 79.9. The molecular formula is C16H18BrNO. The molecule has 0 atom stereocenters. The fraction of sp³-hybridized carbons (Fsp3) is 0.312. The van der Waals surface area contributed by atoms with E-state index in [2.05, 4.69) is 47.8 Å². The molecule has 0 unspecified atom stereocenters. The van der Waals surface area contributed by atoms with Gasteiger partial charge in [0.1, 0.15) is 5.75 Å². The molecule has 3 heteroatoms. The SMILES string of the molecule is COc1cc(-c2ccccn2)c(Br)cc1C(C)(C)C. The number of pyridine rings is 1. The Bertz CT molecular complexity index is 573. The Morgan fingerprint density at radius 3 is 2.42 bits per heavy atom. The van der Waals surface area contributed by atoms with E-state index in [1.165, 1.54) is 5.56 Å². The van der Waals surface area contributed by atoms with Crippen LogP contribution >= 0.6 is 15.9 Å². The molecule has 0 saturated carbocycles. The summed E-state index contributed by atoms with van der Waals surface area (Å²) in [4.78, 5) is 4.39. The van der Waals surface area contributed by atoms with Crippen LogP contribution in [0.4, 0.5) is 0 Å². The van der Waals surface area contributed by atoms with Gasteiger partial charge in [0.15, 0.2) is 0 Å². The van der Waals surface area contributed by atoms with Crippen molar-refractivity contribution < 1.29 is 4.74 Å². The van der Waals surface area contributed by atoms with E-state index in [0.29, 0.717) is 0 Å². The summed E-state index contributed by atoms with van der Waals surface area (Å²) in [6, 6.07) is 10.1. The molecule has 0 aliphatic rings. The van der Waals surface area contributed by atoms with Gasteiger partial charge in [-0.2, -0.15) is 0 Å². The number of rotatable bonds is 2. The zero-order chi connectivity index (χ0) is 14.0. The lowest BCUT2D eigenvalue weighted by molar-refractivity contribution is 0.397. The smallest absolute Gasteiger partial charge is 0.123 e. The quantitative estimate of drug-likeness (QED) is 0.791. The number of halogens is 1. The summed E-state index contributed by atoms with van der Waals surface area (Å²) in [5.74, 6) is 0.899. The molecule has 2 rings (SSSR count). The average molecular weight is 320 g/mol. The highest BCUT2D eigenvalue weighted by molar-refractivity contribution is 9.10. The minimum Gasteiger partial charge on any atom is -0.496 e. The van der Waals surface area contributed by atoms with Crippen LogP contribution in [0, 0.1) is 0 Å². The van der Waals surface area contributed by atoms with Gasteiger partial charge >= 0.3 is 0 Å². The van der Waals surface area contributed by atoms with Crippen molar-refractivity contribution in [2.45, 2.75) is 26.2 Å².